The molecule has 0 saturated carbocycles. The molecule has 23 heavy (non-hydrogen) atoms. The minimum Gasteiger partial charge on any atom is -0.350 e. The minimum absolute atomic E-state index is 0.300. The van der Waals surface area contributed by atoms with Crippen LogP contribution in [0.4, 0.5) is 4.79 Å². The molecule has 1 fully saturated rings. The van der Waals surface area contributed by atoms with E-state index in [2.05, 4.69) is 26.6 Å². The van der Waals surface area contributed by atoms with Gasteiger partial charge in [0.15, 0.2) is 0 Å². The molecule has 0 radical (unpaired) electrons. The first kappa shape index (κ1) is 17.5. The maximum atomic E-state index is 12.7. The Bertz CT molecular complexity index is 669. The first-order valence-corrected chi connectivity index (χ1v) is 8.03. The molecule has 1 aliphatic rings. The van der Waals surface area contributed by atoms with Crippen molar-refractivity contribution in [1.29, 1.82) is 0 Å². The molecule has 0 aliphatic carbocycles. The summed E-state index contributed by atoms with van der Waals surface area (Å²) in [5.74, 6) is -0.816. The van der Waals surface area contributed by atoms with E-state index >= 15 is 0 Å². The molecule has 6 nitrogen and oxygen atoms in total. The van der Waals surface area contributed by atoms with Crippen molar-refractivity contribution in [2.24, 2.45) is 0 Å². The highest BCUT2D eigenvalue weighted by molar-refractivity contribution is 9.10. The Morgan fingerprint density at radius 2 is 2.00 bits per heavy atom. The highest BCUT2D eigenvalue weighted by Crippen LogP contribution is 2.30. The fourth-order valence-corrected chi connectivity index (χ4v) is 2.84. The average Bonchev–Trinajstić information content (AvgIpc) is 2.61. The predicted molar refractivity (Wildman–Crippen MR) is 89.6 cm³/mol. The maximum Gasteiger partial charge on any atom is 0.325 e. The smallest absolute Gasteiger partial charge is 0.325 e. The van der Waals surface area contributed by atoms with Crippen LogP contribution in [0.2, 0.25) is 0 Å². The SMILES string of the molecule is CC(C)(C)NC(=O)CN1C(=O)N[C@](C)(c2cccc(Br)c2)C1=O. The molecule has 7 heteroatoms. The molecule has 124 valence electrons. The van der Waals surface area contributed by atoms with Crippen LogP contribution in [0.5, 0.6) is 0 Å². The molecular formula is C16H20BrN3O3. The molecule has 0 unspecified atom stereocenters. The van der Waals surface area contributed by atoms with Crippen LogP contribution in [0.1, 0.15) is 33.3 Å². The summed E-state index contributed by atoms with van der Waals surface area (Å²) < 4.78 is 0.808. The number of benzene rings is 1. The first-order chi connectivity index (χ1) is 10.5. The lowest BCUT2D eigenvalue weighted by Crippen LogP contribution is -2.48. The van der Waals surface area contributed by atoms with Gasteiger partial charge in [-0.25, -0.2) is 4.79 Å². The fourth-order valence-electron chi connectivity index (χ4n) is 2.44. The third-order valence-electron chi connectivity index (χ3n) is 3.49. The Labute approximate surface area is 143 Å². The molecule has 1 heterocycles. The maximum absolute atomic E-state index is 12.7. The summed E-state index contributed by atoms with van der Waals surface area (Å²) in [5, 5.41) is 5.42. The summed E-state index contributed by atoms with van der Waals surface area (Å²) in [5.41, 5.74) is -0.948. The van der Waals surface area contributed by atoms with Gasteiger partial charge in [0, 0.05) is 10.0 Å². The van der Waals surface area contributed by atoms with Gasteiger partial charge in [0.25, 0.3) is 5.91 Å². The molecule has 2 N–H and O–H groups in total. The van der Waals surface area contributed by atoms with E-state index in [1.807, 2.05) is 26.8 Å². The van der Waals surface area contributed by atoms with E-state index < -0.39 is 23.0 Å². The van der Waals surface area contributed by atoms with E-state index in [1.165, 1.54) is 0 Å². The molecule has 0 bridgehead atoms. The number of amides is 4. The largest absolute Gasteiger partial charge is 0.350 e. The van der Waals surface area contributed by atoms with Crippen molar-refractivity contribution in [3.63, 3.8) is 0 Å². The summed E-state index contributed by atoms with van der Waals surface area (Å²) >= 11 is 3.36. The molecule has 1 atom stereocenters. The number of imide groups is 1. The van der Waals surface area contributed by atoms with Gasteiger partial charge in [-0.2, -0.15) is 0 Å². The van der Waals surface area contributed by atoms with E-state index in [4.69, 9.17) is 0 Å². The van der Waals surface area contributed by atoms with Crippen LogP contribution in [-0.4, -0.2) is 34.8 Å². The van der Waals surface area contributed by atoms with Crippen molar-refractivity contribution in [2.75, 3.05) is 6.54 Å². The van der Waals surface area contributed by atoms with Crippen molar-refractivity contribution in [2.45, 2.75) is 38.8 Å². The minimum atomic E-state index is -1.18. The van der Waals surface area contributed by atoms with Crippen LogP contribution >= 0.6 is 15.9 Å². The van der Waals surface area contributed by atoms with Gasteiger partial charge >= 0.3 is 6.03 Å². The van der Waals surface area contributed by atoms with Gasteiger partial charge in [0.05, 0.1) is 0 Å². The van der Waals surface area contributed by atoms with Crippen molar-refractivity contribution in [1.82, 2.24) is 15.5 Å². The number of hydrogen-bond donors (Lipinski definition) is 2. The van der Waals surface area contributed by atoms with Crippen LogP contribution in [-0.2, 0) is 15.1 Å². The van der Waals surface area contributed by atoms with Gasteiger partial charge in [0.2, 0.25) is 5.91 Å². The predicted octanol–water partition coefficient (Wildman–Crippen LogP) is 2.13. The molecule has 1 saturated heterocycles. The Hall–Kier alpha value is -1.89. The summed E-state index contributed by atoms with van der Waals surface area (Å²) in [7, 11) is 0. The van der Waals surface area contributed by atoms with Crippen LogP contribution in [0.3, 0.4) is 0 Å². The molecule has 1 aromatic carbocycles. The average molecular weight is 382 g/mol. The highest BCUT2D eigenvalue weighted by Gasteiger charge is 2.49. The fraction of sp³-hybridized carbons (Fsp3) is 0.438. The van der Waals surface area contributed by atoms with Crippen molar-refractivity contribution in [3.05, 3.63) is 34.3 Å². The number of hydrogen-bond acceptors (Lipinski definition) is 3. The Morgan fingerprint density at radius 3 is 2.57 bits per heavy atom. The van der Waals surface area contributed by atoms with E-state index in [0.717, 1.165) is 9.37 Å². The number of nitrogens with zero attached hydrogens (tertiary/aromatic N) is 1. The zero-order valence-corrected chi connectivity index (χ0v) is 15.2. The van der Waals surface area contributed by atoms with Crippen molar-refractivity contribution < 1.29 is 14.4 Å². The van der Waals surface area contributed by atoms with E-state index in [9.17, 15) is 14.4 Å². The van der Waals surface area contributed by atoms with E-state index in [-0.39, 0.29) is 12.5 Å². The van der Waals surface area contributed by atoms with Gasteiger partial charge in [-0.3, -0.25) is 14.5 Å². The second-order valence-electron chi connectivity index (χ2n) is 6.75. The zero-order valence-electron chi connectivity index (χ0n) is 13.6. The Balaban J connectivity index is 2.21. The zero-order chi connectivity index (χ0) is 17.4. The standard InChI is InChI=1S/C16H20BrN3O3/c1-15(2,3)18-12(21)9-20-13(22)16(4,19-14(20)23)10-6-5-7-11(17)8-10/h5-8H,9H2,1-4H3,(H,18,21)(H,19,23)/t16-/m1/s1. The van der Waals surface area contributed by atoms with Crippen LogP contribution < -0.4 is 10.6 Å². The molecule has 4 amide bonds. The van der Waals surface area contributed by atoms with Crippen LogP contribution in [0.15, 0.2) is 28.7 Å². The number of carbonyl (C=O) groups is 3. The third-order valence-corrected chi connectivity index (χ3v) is 3.99. The molecule has 1 aromatic rings. The lowest BCUT2D eigenvalue weighted by atomic mass is 9.92. The quantitative estimate of drug-likeness (QED) is 0.787. The highest BCUT2D eigenvalue weighted by atomic mass is 79.9. The van der Waals surface area contributed by atoms with Gasteiger partial charge in [-0.15, -0.1) is 0 Å². The lowest BCUT2D eigenvalue weighted by molar-refractivity contribution is -0.135. The van der Waals surface area contributed by atoms with Crippen molar-refractivity contribution in [3.8, 4) is 0 Å². The molecule has 0 spiro atoms. The third kappa shape index (κ3) is 3.72. The monoisotopic (exact) mass is 381 g/mol. The van der Waals surface area contributed by atoms with Gasteiger partial charge < -0.3 is 10.6 Å². The first-order valence-electron chi connectivity index (χ1n) is 7.24. The number of urea groups is 1. The Kier molecular flexibility index (Phi) is 4.52. The summed E-state index contributed by atoms with van der Waals surface area (Å²) in [6, 6.07) is 6.60. The molecule has 2 rings (SSSR count). The molecule has 0 aromatic heterocycles. The number of halogens is 1. The van der Waals surface area contributed by atoms with Gasteiger partial charge in [-0.1, -0.05) is 28.1 Å². The lowest BCUT2D eigenvalue weighted by Gasteiger charge is -2.24. The normalized spacial score (nSPS) is 21.3. The molecular weight excluding hydrogens is 362 g/mol. The number of carbonyl (C=O) groups excluding carboxylic acids is 3. The summed E-state index contributed by atoms with van der Waals surface area (Å²) in [6.45, 7) is 6.84. The van der Waals surface area contributed by atoms with Crippen molar-refractivity contribution >= 4 is 33.8 Å². The number of nitrogens with one attached hydrogen (secondary N) is 2. The molecule has 1 aliphatic heterocycles. The van der Waals surface area contributed by atoms with E-state index in [0.29, 0.717) is 5.56 Å². The van der Waals surface area contributed by atoms with Crippen LogP contribution in [0, 0.1) is 0 Å². The Morgan fingerprint density at radius 1 is 1.35 bits per heavy atom. The summed E-state index contributed by atoms with van der Waals surface area (Å²) in [4.78, 5) is 37.8. The number of rotatable bonds is 3. The van der Waals surface area contributed by atoms with E-state index in [1.54, 1.807) is 25.1 Å². The topological polar surface area (TPSA) is 78.5 Å². The van der Waals surface area contributed by atoms with Crippen LogP contribution in [0.25, 0.3) is 0 Å². The second kappa shape index (κ2) is 5.96. The second-order valence-corrected chi connectivity index (χ2v) is 7.67. The summed E-state index contributed by atoms with van der Waals surface area (Å²) in [6.07, 6.45) is 0. The van der Waals surface area contributed by atoms with Gasteiger partial charge in [-0.05, 0) is 45.4 Å². The van der Waals surface area contributed by atoms with Gasteiger partial charge in [0.1, 0.15) is 12.1 Å².